The normalized spacial score (nSPS) is 16.3. The van der Waals surface area contributed by atoms with Crippen LogP contribution in [0.5, 0.6) is 5.75 Å². The molecule has 45 heavy (non-hydrogen) atoms. The molecule has 1 nitrogen and oxygen atoms in total. The second-order valence-corrected chi connectivity index (χ2v) is 8.47. The minimum Gasteiger partial charge on any atom is -0.508 e. The first-order valence-corrected chi connectivity index (χ1v) is 9.88. The molecular weight excluding hydrogens is 726 g/mol. The van der Waals surface area contributed by atoms with Crippen LogP contribution < -0.4 is 0 Å². The van der Waals surface area contributed by atoms with Gasteiger partial charge in [0.1, 0.15) is 5.75 Å². The van der Waals surface area contributed by atoms with E-state index in [1.54, 1.807) is 0 Å². The summed E-state index contributed by atoms with van der Waals surface area (Å²) in [5, 5.41) is 9.01. The Kier molecular flexibility index (Phi) is 9.03. The standard InChI is InChI=1S/C18H4F26O/c19-7(20,9(23,24)11(27,28)13(31,32)15(35,36)17(39,40)41)5-2-1-4(45)3-6(5)8(21,22)10(25,26)12(29,30)14(33,34)16(37,38)18(42,43)44/h1-3,45H. The molecule has 27 heteroatoms. The van der Waals surface area contributed by atoms with Crippen LogP contribution in [0.3, 0.4) is 0 Å². The van der Waals surface area contributed by atoms with Gasteiger partial charge < -0.3 is 5.11 Å². The highest BCUT2D eigenvalue weighted by Crippen LogP contribution is 2.66. The van der Waals surface area contributed by atoms with Crippen molar-refractivity contribution in [1.82, 2.24) is 0 Å². The van der Waals surface area contributed by atoms with Crippen molar-refractivity contribution in [3.63, 3.8) is 0 Å². The second kappa shape index (κ2) is 10.1. The fourth-order valence-electron chi connectivity index (χ4n) is 2.94. The lowest BCUT2D eigenvalue weighted by Crippen LogP contribution is -2.70. The molecule has 0 amide bonds. The number of halogens is 26. The molecule has 0 radical (unpaired) electrons. The van der Waals surface area contributed by atoms with Gasteiger partial charge in [-0.15, -0.1) is 0 Å². The third kappa shape index (κ3) is 5.03. The van der Waals surface area contributed by atoms with Crippen LogP contribution in [0.1, 0.15) is 11.1 Å². The smallest absolute Gasteiger partial charge is 0.460 e. The predicted octanol–water partition coefficient (Wildman–Crippen LogP) is 9.78. The topological polar surface area (TPSA) is 20.2 Å². The van der Waals surface area contributed by atoms with Crippen molar-refractivity contribution in [2.75, 3.05) is 0 Å². The van der Waals surface area contributed by atoms with E-state index in [1.807, 2.05) is 0 Å². The van der Waals surface area contributed by atoms with Gasteiger partial charge in [-0.1, -0.05) is 0 Å². The zero-order valence-electron chi connectivity index (χ0n) is 19.5. The van der Waals surface area contributed by atoms with Crippen LogP contribution in [-0.2, 0) is 11.8 Å². The number of phenols is 1. The SMILES string of the molecule is Oc1ccc(C(F)(F)C(F)(F)C(F)(F)C(F)(F)C(F)(F)C(F)(F)F)c(C(F)(F)C(F)(F)C(F)(F)C(F)(F)C(F)(F)C(F)(F)F)c1. The zero-order valence-corrected chi connectivity index (χ0v) is 19.5. The molecule has 0 atom stereocenters. The Hall–Kier alpha value is -2.80. The number of aromatic hydroxyl groups is 1. The molecule has 0 aliphatic rings. The predicted molar refractivity (Wildman–Crippen MR) is 87.6 cm³/mol. The monoisotopic (exact) mass is 730 g/mol. The van der Waals surface area contributed by atoms with Crippen LogP contribution in [0.25, 0.3) is 0 Å². The largest absolute Gasteiger partial charge is 0.508 e. The van der Waals surface area contributed by atoms with E-state index in [-0.39, 0.29) is 0 Å². The van der Waals surface area contributed by atoms with Gasteiger partial charge in [-0.25, -0.2) is 0 Å². The van der Waals surface area contributed by atoms with Crippen molar-refractivity contribution in [2.24, 2.45) is 0 Å². The van der Waals surface area contributed by atoms with Crippen LogP contribution in [-0.4, -0.2) is 64.8 Å². The van der Waals surface area contributed by atoms with E-state index in [1.165, 1.54) is 0 Å². The van der Waals surface area contributed by atoms with Crippen molar-refractivity contribution in [2.45, 2.75) is 71.6 Å². The number of rotatable bonds is 10. The van der Waals surface area contributed by atoms with Gasteiger partial charge in [-0.05, 0) is 18.2 Å². The molecule has 1 rings (SSSR count). The molecule has 1 N–H and O–H groups in total. The van der Waals surface area contributed by atoms with E-state index in [0.29, 0.717) is 0 Å². The fourth-order valence-corrected chi connectivity index (χ4v) is 2.94. The van der Waals surface area contributed by atoms with Gasteiger partial charge in [0.25, 0.3) is 0 Å². The lowest BCUT2D eigenvalue weighted by atomic mass is 9.84. The van der Waals surface area contributed by atoms with Crippen molar-refractivity contribution in [1.29, 1.82) is 0 Å². The average molecular weight is 730 g/mol. The van der Waals surface area contributed by atoms with Gasteiger partial charge in [-0.3, -0.25) is 0 Å². The molecule has 0 aliphatic heterocycles. The Morgan fingerprint density at radius 2 is 0.556 bits per heavy atom. The summed E-state index contributed by atoms with van der Waals surface area (Å²) in [5.41, 5.74) is -8.66. The highest BCUT2D eigenvalue weighted by atomic mass is 19.4. The molecule has 1 aromatic rings. The third-order valence-electron chi connectivity index (χ3n) is 5.55. The van der Waals surface area contributed by atoms with Crippen LogP contribution in [0.2, 0.25) is 0 Å². The summed E-state index contributed by atoms with van der Waals surface area (Å²) in [4.78, 5) is 0. The molecule has 0 saturated carbocycles. The quantitative estimate of drug-likeness (QED) is 0.238. The summed E-state index contributed by atoms with van der Waals surface area (Å²) in [6, 6.07) is -4.06. The lowest BCUT2D eigenvalue weighted by Gasteiger charge is -2.42. The highest BCUT2D eigenvalue weighted by Gasteiger charge is 2.93. The number of hydrogen-bond donors (Lipinski definition) is 1. The molecule has 1 aromatic carbocycles. The number of hydrogen-bond acceptors (Lipinski definition) is 1. The van der Waals surface area contributed by atoms with Crippen molar-refractivity contribution >= 4 is 0 Å². The maximum atomic E-state index is 14.5. The van der Waals surface area contributed by atoms with Crippen LogP contribution in [0, 0.1) is 0 Å². The molecule has 0 bridgehead atoms. The summed E-state index contributed by atoms with van der Waals surface area (Å²) in [7, 11) is 0. The van der Waals surface area contributed by atoms with E-state index in [4.69, 9.17) is 5.11 Å². The maximum absolute atomic E-state index is 14.5. The maximum Gasteiger partial charge on any atom is 0.460 e. The first-order valence-electron chi connectivity index (χ1n) is 9.88. The summed E-state index contributed by atoms with van der Waals surface area (Å²) in [5.74, 6) is -88.1. The Bertz CT molecular complexity index is 1250. The number of alkyl halides is 26. The molecule has 0 fully saturated rings. The van der Waals surface area contributed by atoms with Gasteiger partial charge in [0, 0.05) is 11.1 Å². The first kappa shape index (κ1) is 40.2. The van der Waals surface area contributed by atoms with Gasteiger partial charge in [0.15, 0.2) is 0 Å². The first-order chi connectivity index (χ1) is 19.1. The third-order valence-corrected chi connectivity index (χ3v) is 5.55. The highest BCUT2D eigenvalue weighted by molar-refractivity contribution is 5.43. The van der Waals surface area contributed by atoms with Crippen LogP contribution in [0.4, 0.5) is 114 Å². The van der Waals surface area contributed by atoms with E-state index in [2.05, 4.69) is 0 Å². The lowest BCUT2D eigenvalue weighted by molar-refractivity contribution is -0.444. The average Bonchev–Trinajstić information content (AvgIpc) is 2.81. The van der Waals surface area contributed by atoms with E-state index < -0.39 is 107 Å². The summed E-state index contributed by atoms with van der Waals surface area (Å²) in [6.45, 7) is 0. The van der Waals surface area contributed by atoms with Gasteiger partial charge in [-0.2, -0.15) is 114 Å². The zero-order chi connectivity index (χ0) is 36.9. The minimum atomic E-state index is -8.88. The molecule has 0 unspecified atom stereocenters. The molecule has 0 saturated heterocycles. The summed E-state index contributed by atoms with van der Waals surface area (Å²) in [6.07, 6.45) is -16.0. The van der Waals surface area contributed by atoms with Gasteiger partial charge in [0.05, 0.1) is 0 Å². The number of benzene rings is 1. The summed E-state index contributed by atoms with van der Waals surface area (Å²) >= 11 is 0. The molecule has 264 valence electrons. The Morgan fingerprint density at radius 1 is 0.311 bits per heavy atom. The van der Waals surface area contributed by atoms with Crippen LogP contribution >= 0.6 is 0 Å². The fraction of sp³-hybridized carbons (Fsp3) is 0.667. The molecule has 0 aromatic heterocycles. The van der Waals surface area contributed by atoms with E-state index >= 15 is 0 Å². The summed E-state index contributed by atoms with van der Waals surface area (Å²) < 4.78 is 348. The van der Waals surface area contributed by atoms with Crippen LogP contribution in [0.15, 0.2) is 18.2 Å². The van der Waals surface area contributed by atoms with Crippen molar-refractivity contribution in [3.05, 3.63) is 29.3 Å². The molecule has 0 aliphatic carbocycles. The van der Waals surface area contributed by atoms with Gasteiger partial charge in [0.2, 0.25) is 0 Å². The van der Waals surface area contributed by atoms with Gasteiger partial charge >= 0.3 is 71.6 Å². The Labute approximate surface area is 227 Å². The Balaban J connectivity index is 4.14. The molecule has 0 heterocycles. The minimum absolute atomic E-state index is 0.831. The number of phenolic OH excluding ortho intramolecular Hbond substituents is 1. The molecular formula is C18H4F26O. The molecule has 0 spiro atoms. The van der Waals surface area contributed by atoms with Crippen molar-refractivity contribution in [3.8, 4) is 5.75 Å². The van der Waals surface area contributed by atoms with Crippen molar-refractivity contribution < 1.29 is 119 Å². The van der Waals surface area contributed by atoms with E-state index in [0.717, 1.165) is 0 Å². The Morgan fingerprint density at radius 3 is 0.822 bits per heavy atom. The van der Waals surface area contributed by atoms with E-state index in [9.17, 15) is 114 Å². The second-order valence-electron chi connectivity index (χ2n) is 8.47.